The summed E-state index contributed by atoms with van der Waals surface area (Å²) >= 11 is 13.5. The van der Waals surface area contributed by atoms with Gasteiger partial charge in [0.1, 0.15) is 11.7 Å². The Kier molecular flexibility index (Phi) is 4.53. The molecule has 0 saturated heterocycles. The molecule has 1 aromatic carbocycles. The van der Waals surface area contributed by atoms with Gasteiger partial charge in [-0.05, 0) is 37.3 Å². The Bertz CT molecular complexity index is 891. The number of hydrogen-bond acceptors (Lipinski definition) is 3. The predicted octanol–water partition coefficient (Wildman–Crippen LogP) is 4.89. The van der Waals surface area contributed by atoms with Crippen LogP contribution in [0, 0.1) is 6.92 Å². The van der Waals surface area contributed by atoms with Crippen LogP contribution in [0.25, 0.3) is 10.9 Å². The Labute approximate surface area is 147 Å². The number of halogens is 2. The zero-order valence-electron chi connectivity index (χ0n) is 12.1. The van der Waals surface area contributed by atoms with Crippen LogP contribution >= 0.6 is 35.0 Å². The fourth-order valence-corrected chi connectivity index (χ4v) is 3.73. The number of pyridine rings is 1. The fourth-order valence-electron chi connectivity index (χ4n) is 2.41. The van der Waals surface area contributed by atoms with E-state index in [1.54, 1.807) is 28.6 Å². The molecule has 0 aliphatic carbocycles. The van der Waals surface area contributed by atoms with Crippen molar-refractivity contribution >= 4 is 51.8 Å². The van der Waals surface area contributed by atoms with Gasteiger partial charge in [-0.1, -0.05) is 35.0 Å². The minimum Gasteiger partial charge on any atom is -0.480 e. The lowest BCUT2D eigenvalue weighted by molar-refractivity contribution is -0.137. The number of nitrogens with zero attached hydrogens (tertiary/aromatic N) is 2. The Hall–Kier alpha value is -1.69. The first kappa shape index (κ1) is 16.2. The van der Waals surface area contributed by atoms with Gasteiger partial charge in [-0.15, -0.1) is 0 Å². The molecule has 0 amide bonds. The molecule has 0 radical (unpaired) electrons. The van der Waals surface area contributed by atoms with E-state index in [1.807, 2.05) is 31.2 Å². The van der Waals surface area contributed by atoms with Crippen molar-refractivity contribution in [3.05, 3.63) is 52.4 Å². The van der Waals surface area contributed by atoms with E-state index in [0.29, 0.717) is 10.2 Å². The molecule has 0 aliphatic heterocycles. The standard InChI is InChI=1S/C16H12Cl2N2O2S/c1-9-16(23-11-4-2-10(17)3-5-11)12-6-14(18)19-7-13(12)20(9)8-15(21)22/h2-7H,8H2,1H3,(H,21,22). The topological polar surface area (TPSA) is 55.1 Å². The Morgan fingerprint density at radius 1 is 1.30 bits per heavy atom. The molecule has 7 heteroatoms. The van der Waals surface area contributed by atoms with Crippen molar-refractivity contribution in [2.75, 3.05) is 0 Å². The summed E-state index contributed by atoms with van der Waals surface area (Å²) in [5.41, 5.74) is 1.62. The summed E-state index contributed by atoms with van der Waals surface area (Å²) in [6, 6.07) is 9.26. The second-order valence-corrected chi connectivity index (χ2v) is 6.88. The van der Waals surface area contributed by atoms with E-state index in [9.17, 15) is 4.79 Å². The smallest absolute Gasteiger partial charge is 0.323 e. The van der Waals surface area contributed by atoms with Crippen molar-refractivity contribution in [3.63, 3.8) is 0 Å². The number of carbonyl (C=O) groups is 1. The van der Waals surface area contributed by atoms with Crippen LogP contribution in [-0.4, -0.2) is 20.6 Å². The third-order valence-corrected chi connectivity index (χ3v) is 5.13. The highest BCUT2D eigenvalue weighted by molar-refractivity contribution is 7.99. The van der Waals surface area contributed by atoms with Gasteiger partial charge in [0.15, 0.2) is 0 Å². The largest absolute Gasteiger partial charge is 0.480 e. The number of fused-ring (bicyclic) bond motifs is 1. The lowest BCUT2D eigenvalue weighted by Crippen LogP contribution is -2.09. The van der Waals surface area contributed by atoms with Gasteiger partial charge in [-0.25, -0.2) is 4.98 Å². The summed E-state index contributed by atoms with van der Waals surface area (Å²) in [7, 11) is 0. The Balaban J connectivity index is 2.14. The molecule has 0 saturated carbocycles. The van der Waals surface area contributed by atoms with Gasteiger partial charge < -0.3 is 9.67 Å². The zero-order valence-corrected chi connectivity index (χ0v) is 14.4. The number of carboxylic acids is 1. The molecule has 3 aromatic rings. The van der Waals surface area contributed by atoms with Crippen molar-refractivity contribution in [2.24, 2.45) is 0 Å². The van der Waals surface area contributed by atoms with Crippen molar-refractivity contribution in [1.29, 1.82) is 0 Å². The van der Waals surface area contributed by atoms with Gasteiger partial charge in [0.25, 0.3) is 0 Å². The fraction of sp³-hybridized carbons (Fsp3) is 0.125. The molecule has 4 nitrogen and oxygen atoms in total. The average Bonchev–Trinajstić information content (AvgIpc) is 2.74. The average molecular weight is 367 g/mol. The van der Waals surface area contributed by atoms with Crippen LogP contribution in [0.15, 0.2) is 46.3 Å². The monoisotopic (exact) mass is 366 g/mol. The predicted molar refractivity (Wildman–Crippen MR) is 92.7 cm³/mol. The molecule has 118 valence electrons. The maximum absolute atomic E-state index is 11.1. The van der Waals surface area contributed by atoms with E-state index in [4.69, 9.17) is 28.3 Å². The molecule has 3 rings (SSSR count). The maximum Gasteiger partial charge on any atom is 0.323 e. The van der Waals surface area contributed by atoms with Gasteiger partial charge in [0.05, 0.1) is 11.7 Å². The van der Waals surface area contributed by atoms with Crippen LogP contribution in [0.4, 0.5) is 0 Å². The van der Waals surface area contributed by atoms with Crippen molar-refractivity contribution in [1.82, 2.24) is 9.55 Å². The van der Waals surface area contributed by atoms with Crippen LogP contribution in [0.2, 0.25) is 10.2 Å². The first-order valence-corrected chi connectivity index (χ1v) is 8.32. The summed E-state index contributed by atoms with van der Waals surface area (Å²) in [6.07, 6.45) is 1.61. The van der Waals surface area contributed by atoms with Crippen LogP contribution in [0.3, 0.4) is 0 Å². The molecule has 2 heterocycles. The lowest BCUT2D eigenvalue weighted by Gasteiger charge is -2.05. The maximum atomic E-state index is 11.1. The molecule has 0 spiro atoms. The highest BCUT2D eigenvalue weighted by atomic mass is 35.5. The first-order chi connectivity index (χ1) is 11.0. The van der Waals surface area contributed by atoms with E-state index >= 15 is 0 Å². The van der Waals surface area contributed by atoms with E-state index < -0.39 is 5.97 Å². The summed E-state index contributed by atoms with van der Waals surface area (Å²) in [6.45, 7) is 1.78. The number of aromatic nitrogens is 2. The van der Waals surface area contributed by atoms with E-state index in [-0.39, 0.29) is 6.54 Å². The van der Waals surface area contributed by atoms with Crippen molar-refractivity contribution < 1.29 is 9.90 Å². The van der Waals surface area contributed by atoms with Crippen LogP contribution in [0.1, 0.15) is 5.69 Å². The second-order valence-electron chi connectivity index (χ2n) is 4.97. The van der Waals surface area contributed by atoms with Crippen LogP contribution < -0.4 is 0 Å². The van der Waals surface area contributed by atoms with E-state index in [2.05, 4.69) is 4.98 Å². The normalized spacial score (nSPS) is 11.1. The number of carboxylic acid groups (broad SMARTS) is 1. The third kappa shape index (κ3) is 3.32. The number of aliphatic carboxylic acids is 1. The highest BCUT2D eigenvalue weighted by Crippen LogP contribution is 2.39. The van der Waals surface area contributed by atoms with Gasteiger partial charge in [0, 0.05) is 25.9 Å². The van der Waals surface area contributed by atoms with E-state index in [0.717, 1.165) is 26.4 Å². The SMILES string of the molecule is Cc1c(Sc2ccc(Cl)cc2)c2cc(Cl)ncc2n1CC(=O)O. The van der Waals surface area contributed by atoms with Crippen LogP contribution in [-0.2, 0) is 11.3 Å². The lowest BCUT2D eigenvalue weighted by atomic mass is 10.3. The molecule has 1 N–H and O–H groups in total. The summed E-state index contributed by atoms with van der Waals surface area (Å²) in [4.78, 5) is 17.2. The molecule has 23 heavy (non-hydrogen) atoms. The molecular weight excluding hydrogens is 355 g/mol. The number of hydrogen-bond donors (Lipinski definition) is 1. The second kappa shape index (κ2) is 6.43. The van der Waals surface area contributed by atoms with Gasteiger partial charge >= 0.3 is 5.97 Å². The Morgan fingerprint density at radius 2 is 2.00 bits per heavy atom. The molecule has 2 aromatic heterocycles. The van der Waals surface area contributed by atoms with Gasteiger partial charge in [0.2, 0.25) is 0 Å². The minimum atomic E-state index is -0.900. The molecule has 0 aliphatic rings. The van der Waals surface area contributed by atoms with Crippen LogP contribution in [0.5, 0.6) is 0 Å². The number of rotatable bonds is 4. The molecule has 0 unspecified atom stereocenters. The van der Waals surface area contributed by atoms with E-state index in [1.165, 1.54) is 0 Å². The number of benzene rings is 1. The minimum absolute atomic E-state index is 0.118. The zero-order chi connectivity index (χ0) is 16.6. The summed E-state index contributed by atoms with van der Waals surface area (Å²) in [5, 5.41) is 11.1. The van der Waals surface area contributed by atoms with Gasteiger partial charge in [-0.3, -0.25) is 4.79 Å². The molecule has 0 atom stereocenters. The van der Waals surface area contributed by atoms with Crippen molar-refractivity contribution in [3.8, 4) is 0 Å². The third-order valence-electron chi connectivity index (χ3n) is 3.45. The molecule has 0 fully saturated rings. The van der Waals surface area contributed by atoms with Gasteiger partial charge in [-0.2, -0.15) is 0 Å². The summed E-state index contributed by atoms with van der Waals surface area (Å²) < 4.78 is 1.74. The summed E-state index contributed by atoms with van der Waals surface area (Å²) in [5.74, 6) is -0.900. The highest BCUT2D eigenvalue weighted by Gasteiger charge is 2.17. The quantitative estimate of drug-likeness (QED) is 0.668. The molecular formula is C16H12Cl2N2O2S. The molecule has 0 bridgehead atoms. The van der Waals surface area contributed by atoms with Crippen molar-refractivity contribution in [2.45, 2.75) is 23.3 Å². The Morgan fingerprint density at radius 3 is 2.65 bits per heavy atom. The first-order valence-electron chi connectivity index (χ1n) is 6.75.